The van der Waals surface area contributed by atoms with Crippen molar-refractivity contribution in [3.63, 3.8) is 0 Å². The Morgan fingerprint density at radius 1 is 1.39 bits per heavy atom. The van der Waals surface area contributed by atoms with E-state index in [2.05, 4.69) is 6.58 Å². The highest BCUT2D eigenvalue weighted by molar-refractivity contribution is 5.69. The monoisotopic (exact) mass is 243 g/mol. The molecule has 0 atom stereocenters. The molecule has 1 aromatic rings. The fraction of sp³-hybridized carbons (Fsp3) is 0.267. The highest BCUT2D eigenvalue weighted by Gasteiger charge is 2.16. The van der Waals surface area contributed by atoms with E-state index in [0.717, 1.165) is 24.0 Å². The number of carbonyl (C=O) groups is 1. The van der Waals surface area contributed by atoms with Crippen LogP contribution >= 0.6 is 0 Å². The van der Waals surface area contributed by atoms with E-state index in [9.17, 15) is 4.79 Å². The Kier molecular flexibility index (Phi) is 4.18. The third kappa shape index (κ3) is 3.23. The number of hydrogen-bond acceptors (Lipinski definition) is 2. The minimum Gasteiger partial charge on any atom is -0.444 e. The van der Waals surface area contributed by atoms with Gasteiger partial charge in [-0.25, -0.2) is 4.79 Å². The van der Waals surface area contributed by atoms with Crippen molar-refractivity contribution in [3.05, 3.63) is 60.3 Å². The van der Waals surface area contributed by atoms with Crippen LogP contribution in [-0.4, -0.2) is 17.5 Å². The molecule has 3 heteroatoms. The average Bonchev–Trinajstić information content (AvgIpc) is 2.46. The summed E-state index contributed by atoms with van der Waals surface area (Å²) in [5, 5.41) is 0. The van der Waals surface area contributed by atoms with Gasteiger partial charge in [0.2, 0.25) is 0 Å². The van der Waals surface area contributed by atoms with Gasteiger partial charge in [-0.2, -0.15) is 0 Å². The fourth-order valence-corrected chi connectivity index (χ4v) is 1.88. The van der Waals surface area contributed by atoms with Gasteiger partial charge in [0.15, 0.2) is 0 Å². The van der Waals surface area contributed by atoms with Crippen LogP contribution < -0.4 is 0 Å². The zero-order chi connectivity index (χ0) is 12.8. The first-order chi connectivity index (χ1) is 8.79. The molecule has 0 bridgehead atoms. The van der Waals surface area contributed by atoms with Crippen molar-refractivity contribution < 1.29 is 9.53 Å². The Morgan fingerprint density at radius 3 is 2.89 bits per heavy atom. The molecule has 1 heterocycles. The molecule has 0 fully saturated rings. The quantitative estimate of drug-likeness (QED) is 0.813. The fourth-order valence-electron chi connectivity index (χ4n) is 1.88. The van der Waals surface area contributed by atoms with E-state index in [0.29, 0.717) is 13.2 Å². The Hall–Kier alpha value is -2.03. The summed E-state index contributed by atoms with van der Waals surface area (Å²) >= 11 is 0. The smallest absolute Gasteiger partial charge is 0.414 e. The van der Waals surface area contributed by atoms with E-state index in [1.165, 1.54) is 0 Å². The number of hydrogen-bond donors (Lipinski definition) is 0. The highest BCUT2D eigenvalue weighted by atomic mass is 16.6. The standard InChI is InChI=1S/C15H17NO2/c1-2-13-9-6-10-16(11-13)15(17)18-12-14-7-4-3-5-8-14/h2-5,7-8,11H,1,6,9-10,12H2. The first-order valence-corrected chi connectivity index (χ1v) is 6.10. The van der Waals surface area contributed by atoms with E-state index >= 15 is 0 Å². The molecule has 94 valence electrons. The number of benzene rings is 1. The predicted octanol–water partition coefficient (Wildman–Crippen LogP) is 3.49. The van der Waals surface area contributed by atoms with E-state index < -0.39 is 0 Å². The molecule has 18 heavy (non-hydrogen) atoms. The van der Waals surface area contributed by atoms with Crippen LogP contribution in [0.5, 0.6) is 0 Å². The number of nitrogens with zero attached hydrogens (tertiary/aromatic N) is 1. The Bertz CT molecular complexity index is 451. The second-order valence-electron chi connectivity index (χ2n) is 4.25. The summed E-state index contributed by atoms with van der Waals surface area (Å²) in [6.07, 6.45) is 5.25. The summed E-state index contributed by atoms with van der Waals surface area (Å²) in [6, 6.07) is 9.68. The van der Waals surface area contributed by atoms with Crippen molar-refractivity contribution in [3.8, 4) is 0 Å². The Labute approximate surface area is 107 Å². The zero-order valence-electron chi connectivity index (χ0n) is 10.3. The molecule has 0 N–H and O–H groups in total. The van der Waals surface area contributed by atoms with Gasteiger partial charge in [0.1, 0.15) is 6.61 Å². The number of carbonyl (C=O) groups excluding carboxylic acids is 1. The number of amides is 1. The molecular weight excluding hydrogens is 226 g/mol. The van der Waals surface area contributed by atoms with Crippen molar-refractivity contribution in [2.24, 2.45) is 0 Å². The molecule has 0 spiro atoms. The topological polar surface area (TPSA) is 29.5 Å². The number of allylic oxidation sites excluding steroid dienone is 2. The van der Waals surface area contributed by atoms with E-state index in [1.54, 1.807) is 11.0 Å². The van der Waals surface area contributed by atoms with Gasteiger partial charge in [0.25, 0.3) is 0 Å². The third-order valence-corrected chi connectivity index (χ3v) is 2.89. The minimum absolute atomic E-state index is 0.294. The number of rotatable bonds is 3. The number of ether oxygens (including phenoxy) is 1. The van der Waals surface area contributed by atoms with Gasteiger partial charge >= 0.3 is 6.09 Å². The van der Waals surface area contributed by atoms with Gasteiger partial charge in [0.05, 0.1) is 0 Å². The predicted molar refractivity (Wildman–Crippen MR) is 70.8 cm³/mol. The van der Waals surface area contributed by atoms with Crippen molar-refractivity contribution in [1.29, 1.82) is 0 Å². The molecule has 0 aromatic heterocycles. The van der Waals surface area contributed by atoms with Crippen LogP contribution in [0.1, 0.15) is 18.4 Å². The lowest BCUT2D eigenvalue weighted by Crippen LogP contribution is -2.30. The van der Waals surface area contributed by atoms with Gasteiger partial charge in [0, 0.05) is 12.7 Å². The van der Waals surface area contributed by atoms with Crippen LogP contribution in [-0.2, 0) is 11.3 Å². The van der Waals surface area contributed by atoms with E-state index in [-0.39, 0.29) is 6.09 Å². The molecule has 3 nitrogen and oxygen atoms in total. The maximum absolute atomic E-state index is 11.9. The van der Waals surface area contributed by atoms with Crippen molar-refractivity contribution in [1.82, 2.24) is 4.90 Å². The molecule has 0 saturated heterocycles. The first-order valence-electron chi connectivity index (χ1n) is 6.10. The third-order valence-electron chi connectivity index (χ3n) is 2.89. The van der Waals surface area contributed by atoms with Crippen LogP contribution in [0.4, 0.5) is 4.79 Å². The summed E-state index contributed by atoms with van der Waals surface area (Å²) in [7, 11) is 0. The molecule has 0 radical (unpaired) electrons. The molecule has 1 aliphatic rings. The van der Waals surface area contributed by atoms with Crippen LogP contribution in [0.3, 0.4) is 0 Å². The second-order valence-corrected chi connectivity index (χ2v) is 4.25. The maximum Gasteiger partial charge on any atom is 0.414 e. The van der Waals surface area contributed by atoms with Gasteiger partial charge in [-0.3, -0.25) is 4.90 Å². The normalized spacial score (nSPS) is 14.9. The van der Waals surface area contributed by atoms with E-state index in [4.69, 9.17) is 4.74 Å². The minimum atomic E-state index is -0.294. The van der Waals surface area contributed by atoms with Crippen molar-refractivity contribution in [2.75, 3.05) is 6.54 Å². The van der Waals surface area contributed by atoms with Gasteiger partial charge < -0.3 is 4.74 Å². The molecule has 0 saturated carbocycles. The second kappa shape index (κ2) is 6.05. The zero-order valence-corrected chi connectivity index (χ0v) is 10.3. The van der Waals surface area contributed by atoms with Gasteiger partial charge in [-0.1, -0.05) is 43.0 Å². The van der Waals surface area contributed by atoms with Crippen molar-refractivity contribution >= 4 is 6.09 Å². The summed E-state index contributed by atoms with van der Waals surface area (Å²) in [5.41, 5.74) is 2.08. The van der Waals surface area contributed by atoms with Crippen LogP contribution in [0, 0.1) is 0 Å². The van der Waals surface area contributed by atoms with Crippen LogP contribution in [0.15, 0.2) is 54.8 Å². The van der Waals surface area contributed by atoms with Crippen LogP contribution in [0.25, 0.3) is 0 Å². The Balaban J connectivity index is 1.90. The molecule has 1 aromatic carbocycles. The van der Waals surface area contributed by atoms with Crippen molar-refractivity contribution in [2.45, 2.75) is 19.4 Å². The maximum atomic E-state index is 11.9. The lowest BCUT2D eigenvalue weighted by molar-refractivity contribution is 0.109. The summed E-state index contributed by atoms with van der Waals surface area (Å²) in [6.45, 7) is 4.75. The highest BCUT2D eigenvalue weighted by Crippen LogP contribution is 2.16. The summed E-state index contributed by atoms with van der Waals surface area (Å²) < 4.78 is 5.27. The molecule has 1 amide bonds. The lowest BCUT2D eigenvalue weighted by Gasteiger charge is -2.23. The molecular formula is C15H17NO2. The first kappa shape index (κ1) is 12.4. The largest absolute Gasteiger partial charge is 0.444 e. The van der Waals surface area contributed by atoms with E-state index in [1.807, 2.05) is 36.5 Å². The Morgan fingerprint density at radius 2 is 2.17 bits per heavy atom. The van der Waals surface area contributed by atoms with Crippen LogP contribution in [0.2, 0.25) is 0 Å². The SMILES string of the molecule is C=CC1=CN(C(=O)OCc2ccccc2)CCC1. The summed E-state index contributed by atoms with van der Waals surface area (Å²) in [4.78, 5) is 13.5. The van der Waals surface area contributed by atoms with Gasteiger partial charge in [-0.05, 0) is 24.0 Å². The molecule has 2 rings (SSSR count). The molecule has 1 aliphatic heterocycles. The average molecular weight is 243 g/mol. The molecule has 0 aliphatic carbocycles. The lowest BCUT2D eigenvalue weighted by atomic mass is 10.1. The molecule has 0 unspecified atom stereocenters. The summed E-state index contributed by atoms with van der Waals surface area (Å²) in [5.74, 6) is 0. The van der Waals surface area contributed by atoms with Gasteiger partial charge in [-0.15, -0.1) is 0 Å².